The first-order valence-corrected chi connectivity index (χ1v) is 6.67. The number of hydrogen-bond donors (Lipinski definition) is 3. The molecular formula is C13H12FNO4S. The van der Waals surface area contributed by atoms with Crippen LogP contribution < -0.4 is 5.32 Å². The van der Waals surface area contributed by atoms with Gasteiger partial charge in [0.2, 0.25) is 0 Å². The molecule has 0 aliphatic carbocycles. The fourth-order valence-electron chi connectivity index (χ4n) is 1.75. The van der Waals surface area contributed by atoms with Gasteiger partial charge in [0.15, 0.2) is 0 Å². The number of carboxylic acid groups (broad SMARTS) is 1. The molecule has 1 aromatic carbocycles. The molecule has 5 nitrogen and oxygen atoms in total. The van der Waals surface area contributed by atoms with Gasteiger partial charge in [-0.1, -0.05) is 6.07 Å². The summed E-state index contributed by atoms with van der Waals surface area (Å²) in [4.78, 5) is 23.1. The van der Waals surface area contributed by atoms with Crippen LogP contribution in [0.2, 0.25) is 0 Å². The Labute approximate surface area is 117 Å². The van der Waals surface area contributed by atoms with Crippen molar-refractivity contribution in [1.82, 2.24) is 5.32 Å². The number of aliphatic hydroxyl groups is 1. The van der Waals surface area contributed by atoms with Crippen molar-refractivity contribution in [3.8, 4) is 0 Å². The van der Waals surface area contributed by atoms with E-state index < -0.39 is 23.7 Å². The van der Waals surface area contributed by atoms with E-state index in [1.807, 2.05) is 0 Å². The van der Waals surface area contributed by atoms with Crippen LogP contribution in [0.3, 0.4) is 0 Å². The maximum atomic E-state index is 13.5. The lowest BCUT2D eigenvalue weighted by molar-refractivity contribution is -0.139. The van der Waals surface area contributed by atoms with E-state index in [9.17, 15) is 14.0 Å². The molecule has 7 heteroatoms. The van der Waals surface area contributed by atoms with Crippen molar-refractivity contribution < 1.29 is 24.2 Å². The lowest BCUT2D eigenvalue weighted by atomic mass is 10.2. The summed E-state index contributed by atoms with van der Waals surface area (Å²) < 4.78 is 14.1. The fourth-order valence-corrected chi connectivity index (χ4v) is 2.73. The molecule has 0 saturated carbocycles. The number of carboxylic acids is 1. The quantitative estimate of drug-likeness (QED) is 0.782. The molecule has 20 heavy (non-hydrogen) atoms. The van der Waals surface area contributed by atoms with Crippen LogP contribution in [0.25, 0.3) is 10.1 Å². The summed E-state index contributed by atoms with van der Waals surface area (Å²) in [6, 6.07) is 4.75. The standard InChI is InChI=1S/C13H12FNO4S/c14-8-2-1-3-10-7(8)6-11(20-10)12(17)15-9(4-5-16)13(18)19/h1-3,6,9,16H,4-5H2,(H,15,17)(H,18,19)/t9-/m0/s1. The second-order valence-corrected chi connectivity index (χ2v) is 5.22. The molecule has 0 aliphatic heterocycles. The number of hydrogen-bond acceptors (Lipinski definition) is 4. The molecular weight excluding hydrogens is 285 g/mol. The molecule has 1 heterocycles. The number of carbonyl (C=O) groups is 2. The molecule has 0 spiro atoms. The molecule has 0 fully saturated rings. The summed E-state index contributed by atoms with van der Waals surface area (Å²) in [6.45, 7) is -0.349. The number of aliphatic hydroxyl groups excluding tert-OH is 1. The van der Waals surface area contributed by atoms with Gasteiger partial charge in [-0.3, -0.25) is 4.79 Å². The highest BCUT2D eigenvalue weighted by molar-refractivity contribution is 7.20. The molecule has 2 rings (SSSR count). The van der Waals surface area contributed by atoms with Gasteiger partial charge >= 0.3 is 5.97 Å². The van der Waals surface area contributed by atoms with Gasteiger partial charge in [0.1, 0.15) is 11.9 Å². The average Bonchev–Trinajstić information content (AvgIpc) is 2.83. The molecule has 1 amide bonds. The Morgan fingerprint density at radius 2 is 2.15 bits per heavy atom. The zero-order chi connectivity index (χ0) is 14.7. The molecule has 3 N–H and O–H groups in total. The lowest BCUT2D eigenvalue weighted by Crippen LogP contribution is -2.41. The van der Waals surface area contributed by atoms with Crippen LogP contribution in [0.4, 0.5) is 4.39 Å². The summed E-state index contributed by atoms with van der Waals surface area (Å²) in [5.41, 5.74) is 0. The van der Waals surface area contributed by atoms with E-state index in [-0.39, 0.29) is 17.9 Å². The minimum absolute atomic E-state index is 0.0830. The topological polar surface area (TPSA) is 86.6 Å². The summed E-state index contributed by atoms with van der Waals surface area (Å²) in [7, 11) is 0. The molecule has 0 saturated heterocycles. The Balaban J connectivity index is 2.22. The fraction of sp³-hybridized carbons (Fsp3) is 0.231. The first-order valence-electron chi connectivity index (χ1n) is 5.85. The van der Waals surface area contributed by atoms with Gasteiger partial charge in [-0.2, -0.15) is 0 Å². The average molecular weight is 297 g/mol. The second-order valence-electron chi connectivity index (χ2n) is 4.14. The third kappa shape index (κ3) is 2.94. The molecule has 0 radical (unpaired) electrons. The van der Waals surface area contributed by atoms with Crippen molar-refractivity contribution in [1.29, 1.82) is 0 Å². The largest absolute Gasteiger partial charge is 0.480 e. The van der Waals surface area contributed by atoms with Gasteiger partial charge in [-0.15, -0.1) is 11.3 Å². The summed E-state index contributed by atoms with van der Waals surface area (Å²) in [6.07, 6.45) is -0.0830. The summed E-state index contributed by atoms with van der Waals surface area (Å²) in [5, 5.41) is 20.3. The number of rotatable bonds is 5. The van der Waals surface area contributed by atoms with Gasteiger partial charge in [-0.25, -0.2) is 9.18 Å². The summed E-state index contributed by atoms with van der Waals surface area (Å²) in [5.74, 6) is -2.24. The van der Waals surface area contributed by atoms with Crippen LogP contribution in [-0.2, 0) is 4.79 Å². The molecule has 106 valence electrons. The molecule has 2 aromatic rings. The van der Waals surface area contributed by atoms with E-state index in [2.05, 4.69) is 5.32 Å². The third-order valence-corrected chi connectivity index (χ3v) is 3.85. The highest BCUT2D eigenvalue weighted by Gasteiger charge is 2.21. The van der Waals surface area contributed by atoms with Crippen LogP contribution >= 0.6 is 11.3 Å². The first-order chi connectivity index (χ1) is 9.52. The van der Waals surface area contributed by atoms with Gasteiger partial charge in [0, 0.05) is 23.1 Å². The van der Waals surface area contributed by atoms with Crippen molar-refractivity contribution in [2.24, 2.45) is 0 Å². The van der Waals surface area contributed by atoms with Crippen LogP contribution in [0, 0.1) is 5.82 Å². The molecule has 0 unspecified atom stereocenters. The number of nitrogens with one attached hydrogen (secondary N) is 1. The van der Waals surface area contributed by atoms with E-state index in [0.717, 1.165) is 11.3 Å². The van der Waals surface area contributed by atoms with Crippen LogP contribution in [0.5, 0.6) is 0 Å². The predicted molar refractivity (Wildman–Crippen MR) is 72.4 cm³/mol. The molecule has 1 atom stereocenters. The first kappa shape index (κ1) is 14.4. The Kier molecular flexibility index (Phi) is 4.31. The highest BCUT2D eigenvalue weighted by Crippen LogP contribution is 2.27. The number of carbonyl (C=O) groups excluding carboxylic acids is 1. The van der Waals surface area contributed by atoms with Crippen molar-refractivity contribution >= 4 is 33.3 Å². The maximum Gasteiger partial charge on any atom is 0.326 e. The minimum Gasteiger partial charge on any atom is -0.480 e. The van der Waals surface area contributed by atoms with Crippen molar-refractivity contribution in [3.05, 3.63) is 35.0 Å². The van der Waals surface area contributed by atoms with E-state index in [1.54, 1.807) is 12.1 Å². The van der Waals surface area contributed by atoms with Gasteiger partial charge in [-0.05, 0) is 18.2 Å². The number of halogens is 1. The van der Waals surface area contributed by atoms with E-state index in [0.29, 0.717) is 10.1 Å². The van der Waals surface area contributed by atoms with Crippen LogP contribution in [0.15, 0.2) is 24.3 Å². The van der Waals surface area contributed by atoms with Gasteiger partial charge < -0.3 is 15.5 Å². The Morgan fingerprint density at radius 3 is 2.75 bits per heavy atom. The third-order valence-electron chi connectivity index (χ3n) is 2.75. The number of amides is 1. The monoisotopic (exact) mass is 297 g/mol. The van der Waals surface area contributed by atoms with Crippen molar-refractivity contribution in [2.75, 3.05) is 6.61 Å². The molecule has 1 aromatic heterocycles. The van der Waals surface area contributed by atoms with E-state index >= 15 is 0 Å². The van der Waals surface area contributed by atoms with Gasteiger partial charge in [0.25, 0.3) is 5.91 Å². The molecule has 0 bridgehead atoms. The zero-order valence-corrected chi connectivity index (χ0v) is 11.1. The Morgan fingerprint density at radius 1 is 1.40 bits per heavy atom. The van der Waals surface area contributed by atoms with E-state index in [4.69, 9.17) is 10.2 Å². The van der Waals surface area contributed by atoms with E-state index in [1.165, 1.54) is 12.1 Å². The number of thiophene rings is 1. The highest BCUT2D eigenvalue weighted by atomic mass is 32.1. The Hall–Kier alpha value is -1.99. The van der Waals surface area contributed by atoms with Crippen LogP contribution in [-0.4, -0.2) is 34.7 Å². The zero-order valence-electron chi connectivity index (χ0n) is 10.3. The SMILES string of the molecule is O=C(N[C@@H](CCO)C(=O)O)c1cc2c(F)cccc2s1. The normalized spacial score (nSPS) is 12.3. The lowest BCUT2D eigenvalue weighted by Gasteiger charge is -2.11. The Bertz CT molecular complexity index is 655. The molecule has 0 aliphatic rings. The smallest absolute Gasteiger partial charge is 0.326 e. The number of fused-ring (bicyclic) bond motifs is 1. The number of benzene rings is 1. The minimum atomic E-state index is -1.22. The van der Waals surface area contributed by atoms with Crippen molar-refractivity contribution in [3.63, 3.8) is 0 Å². The second kappa shape index (κ2) is 5.98. The summed E-state index contributed by atoms with van der Waals surface area (Å²) >= 11 is 1.08. The number of aliphatic carboxylic acids is 1. The predicted octanol–water partition coefficient (Wildman–Crippen LogP) is 1.61. The van der Waals surface area contributed by atoms with Crippen LogP contribution in [0.1, 0.15) is 16.1 Å². The van der Waals surface area contributed by atoms with Crippen molar-refractivity contribution in [2.45, 2.75) is 12.5 Å². The maximum absolute atomic E-state index is 13.5. The van der Waals surface area contributed by atoms with Gasteiger partial charge in [0.05, 0.1) is 4.88 Å².